The number of carboxylic acid groups (broad SMARTS) is 1. The Balaban J connectivity index is 2.02. The number of methoxy groups -OCH3 is 1. The second-order valence-electron chi connectivity index (χ2n) is 7.30. The standard InChI is InChI=1S/C24H22N4O6/c1-34-20-7-3-6-18(29)22(20)17-11-15(16(12-25)23(26)28-17)13-4-2-5-14(10-13)27-24(33)19(30)8-9-21(31)32/h2-7,10-11,19,29-30H,8-9H2,1H3,(H2,26,28)(H,27,33)(H,31,32). The number of carbonyl (C=O) groups is 2. The van der Waals surface area contributed by atoms with Crippen molar-refractivity contribution in [3.8, 4) is 40.0 Å². The normalized spacial score (nSPS) is 11.3. The minimum absolute atomic E-state index is 0.0566. The Hall–Kier alpha value is -4.62. The van der Waals surface area contributed by atoms with Crippen LogP contribution < -0.4 is 15.8 Å². The molecule has 1 atom stereocenters. The summed E-state index contributed by atoms with van der Waals surface area (Å²) in [4.78, 5) is 27.1. The van der Waals surface area contributed by atoms with Gasteiger partial charge in [-0.1, -0.05) is 18.2 Å². The minimum atomic E-state index is -1.49. The topological polar surface area (TPSA) is 179 Å². The number of nitrogens with zero attached hydrogens (tertiary/aromatic N) is 2. The van der Waals surface area contributed by atoms with Crippen molar-refractivity contribution in [3.63, 3.8) is 0 Å². The number of hydrogen-bond acceptors (Lipinski definition) is 8. The van der Waals surface area contributed by atoms with Crippen molar-refractivity contribution in [2.75, 3.05) is 18.2 Å². The summed E-state index contributed by atoms with van der Waals surface area (Å²) in [7, 11) is 1.45. The smallest absolute Gasteiger partial charge is 0.303 e. The fourth-order valence-electron chi connectivity index (χ4n) is 3.37. The van der Waals surface area contributed by atoms with Gasteiger partial charge in [-0.2, -0.15) is 5.26 Å². The van der Waals surface area contributed by atoms with Gasteiger partial charge in [-0.15, -0.1) is 0 Å². The number of phenols is 1. The zero-order valence-electron chi connectivity index (χ0n) is 18.1. The van der Waals surface area contributed by atoms with Crippen LogP contribution in [0, 0.1) is 11.3 Å². The molecule has 0 spiro atoms. The van der Waals surface area contributed by atoms with E-state index in [4.69, 9.17) is 15.6 Å². The highest BCUT2D eigenvalue weighted by Crippen LogP contribution is 2.40. The summed E-state index contributed by atoms with van der Waals surface area (Å²) in [5.74, 6) is -1.66. The molecule has 3 aromatic rings. The first-order valence-electron chi connectivity index (χ1n) is 10.1. The number of ether oxygens (including phenoxy) is 1. The minimum Gasteiger partial charge on any atom is -0.507 e. The molecule has 0 saturated heterocycles. The number of aliphatic hydroxyl groups is 1. The molecule has 0 radical (unpaired) electrons. The third kappa shape index (κ3) is 5.23. The van der Waals surface area contributed by atoms with Crippen molar-refractivity contribution in [2.24, 2.45) is 0 Å². The first-order valence-corrected chi connectivity index (χ1v) is 10.1. The molecule has 0 bridgehead atoms. The number of aromatic hydroxyl groups is 1. The van der Waals surface area contributed by atoms with Gasteiger partial charge in [0.05, 0.1) is 18.4 Å². The molecule has 10 nitrogen and oxygen atoms in total. The number of carboxylic acids is 1. The van der Waals surface area contributed by atoms with Gasteiger partial charge in [0.25, 0.3) is 5.91 Å². The van der Waals surface area contributed by atoms with Crippen LogP contribution in [0.1, 0.15) is 18.4 Å². The van der Waals surface area contributed by atoms with Gasteiger partial charge in [-0.05, 0) is 42.3 Å². The van der Waals surface area contributed by atoms with Crippen LogP contribution in [-0.4, -0.2) is 45.4 Å². The summed E-state index contributed by atoms with van der Waals surface area (Å²) in [6.07, 6.45) is -2.08. The van der Waals surface area contributed by atoms with E-state index in [0.29, 0.717) is 28.1 Å². The second kappa shape index (κ2) is 10.3. The number of nitrogens with two attached hydrogens (primary N) is 1. The maximum atomic E-state index is 12.2. The molecule has 1 heterocycles. The van der Waals surface area contributed by atoms with Gasteiger partial charge in [0, 0.05) is 17.7 Å². The number of benzene rings is 2. The van der Waals surface area contributed by atoms with E-state index in [0.717, 1.165) is 0 Å². The highest BCUT2D eigenvalue weighted by molar-refractivity contribution is 5.95. The summed E-state index contributed by atoms with van der Waals surface area (Å²) in [5, 5.41) is 41.2. The number of nitriles is 1. The van der Waals surface area contributed by atoms with Crippen LogP contribution in [0.15, 0.2) is 48.5 Å². The van der Waals surface area contributed by atoms with Gasteiger partial charge in [-0.3, -0.25) is 9.59 Å². The number of aliphatic hydroxyl groups excluding tert-OH is 1. The van der Waals surface area contributed by atoms with Crippen LogP contribution in [0.4, 0.5) is 11.5 Å². The largest absolute Gasteiger partial charge is 0.507 e. The van der Waals surface area contributed by atoms with Crippen LogP contribution in [0.2, 0.25) is 0 Å². The van der Waals surface area contributed by atoms with Crippen LogP contribution in [0.3, 0.4) is 0 Å². The van der Waals surface area contributed by atoms with E-state index in [-0.39, 0.29) is 35.7 Å². The summed E-state index contributed by atoms with van der Waals surface area (Å²) < 4.78 is 5.33. The molecule has 34 heavy (non-hydrogen) atoms. The molecule has 0 aliphatic carbocycles. The van der Waals surface area contributed by atoms with Crippen molar-refractivity contribution in [1.82, 2.24) is 4.98 Å². The number of nitrogens with one attached hydrogen (secondary N) is 1. The van der Waals surface area contributed by atoms with Crippen molar-refractivity contribution in [1.29, 1.82) is 5.26 Å². The maximum absolute atomic E-state index is 12.2. The van der Waals surface area contributed by atoms with E-state index in [1.807, 2.05) is 6.07 Å². The van der Waals surface area contributed by atoms with Gasteiger partial charge < -0.3 is 31.1 Å². The molecule has 0 aliphatic heterocycles. The first kappa shape index (κ1) is 24.0. The van der Waals surface area contributed by atoms with Gasteiger partial charge in [-0.25, -0.2) is 4.98 Å². The molecule has 1 aromatic heterocycles. The molecule has 2 aromatic carbocycles. The Labute approximate surface area is 194 Å². The number of aliphatic carboxylic acids is 1. The lowest BCUT2D eigenvalue weighted by Crippen LogP contribution is -2.28. The molecule has 1 unspecified atom stereocenters. The molecule has 174 valence electrons. The van der Waals surface area contributed by atoms with Gasteiger partial charge in [0.1, 0.15) is 35.1 Å². The van der Waals surface area contributed by atoms with Crippen molar-refractivity contribution in [2.45, 2.75) is 18.9 Å². The summed E-state index contributed by atoms with van der Waals surface area (Å²) >= 11 is 0. The fraction of sp³-hybridized carbons (Fsp3) is 0.167. The first-order chi connectivity index (χ1) is 16.2. The number of phenolic OH excluding ortho intramolecular Hbond substituents is 1. The van der Waals surface area contributed by atoms with E-state index >= 15 is 0 Å². The number of aromatic nitrogens is 1. The Morgan fingerprint density at radius 1 is 1.24 bits per heavy atom. The van der Waals surface area contributed by atoms with E-state index < -0.39 is 18.0 Å². The zero-order chi connectivity index (χ0) is 24.8. The zero-order valence-corrected chi connectivity index (χ0v) is 18.1. The summed E-state index contributed by atoms with van der Waals surface area (Å²) in [6.45, 7) is 0. The molecular weight excluding hydrogens is 440 g/mol. The van der Waals surface area contributed by atoms with E-state index in [1.54, 1.807) is 42.5 Å². The number of rotatable bonds is 8. The lowest BCUT2D eigenvalue weighted by molar-refractivity contribution is -0.138. The Bertz CT molecular complexity index is 1280. The molecule has 6 N–H and O–H groups in total. The summed E-state index contributed by atoms with van der Waals surface area (Å²) in [5.41, 5.74) is 7.97. The molecule has 3 rings (SSSR count). The number of amides is 1. The van der Waals surface area contributed by atoms with Gasteiger partial charge in [0.15, 0.2) is 0 Å². The Morgan fingerprint density at radius 3 is 2.65 bits per heavy atom. The fourth-order valence-corrected chi connectivity index (χ4v) is 3.37. The molecule has 1 amide bonds. The molecular formula is C24H22N4O6. The maximum Gasteiger partial charge on any atom is 0.303 e. The lowest BCUT2D eigenvalue weighted by Gasteiger charge is -2.15. The number of pyridine rings is 1. The predicted molar refractivity (Wildman–Crippen MR) is 124 cm³/mol. The highest BCUT2D eigenvalue weighted by atomic mass is 16.5. The van der Waals surface area contributed by atoms with Gasteiger partial charge >= 0.3 is 5.97 Å². The highest BCUT2D eigenvalue weighted by Gasteiger charge is 2.20. The molecule has 0 fully saturated rings. The van der Waals surface area contributed by atoms with Crippen LogP contribution in [0.25, 0.3) is 22.4 Å². The average Bonchev–Trinajstić information content (AvgIpc) is 2.81. The van der Waals surface area contributed by atoms with Gasteiger partial charge in [0.2, 0.25) is 0 Å². The van der Waals surface area contributed by atoms with E-state index in [1.165, 1.54) is 13.2 Å². The third-order valence-electron chi connectivity index (χ3n) is 5.01. The Morgan fingerprint density at radius 2 is 1.97 bits per heavy atom. The number of carbonyl (C=O) groups excluding carboxylic acids is 1. The SMILES string of the molecule is COc1cccc(O)c1-c1cc(-c2cccc(NC(=O)C(O)CCC(=O)O)c2)c(C#N)c(N)n1. The number of hydrogen-bond donors (Lipinski definition) is 5. The van der Waals surface area contributed by atoms with Crippen molar-refractivity contribution < 1.29 is 29.6 Å². The third-order valence-corrected chi connectivity index (χ3v) is 5.01. The lowest BCUT2D eigenvalue weighted by atomic mass is 9.97. The molecule has 0 aliphatic rings. The van der Waals surface area contributed by atoms with Crippen LogP contribution >= 0.6 is 0 Å². The summed E-state index contributed by atoms with van der Waals surface area (Å²) in [6, 6.07) is 14.8. The van der Waals surface area contributed by atoms with E-state index in [2.05, 4.69) is 10.3 Å². The second-order valence-corrected chi connectivity index (χ2v) is 7.30. The molecule has 10 heteroatoms. The van der Waals surface area contributed by atoms with Crippen LogP contribution in [-0.2, 0) is 9.59 Å². The predicted octanol–water partition coefficient (Wildman–Crippen LogP) is 2.75. The quantitative estimate of drug-likeness (QED) is 0.336. The number of nitrogen functional groups attached to an aromatic ring is 1. The van der Waals surface area contributed by atoms with Crippen LogP contribution in [0.5, 0.6) is 11.5 Å². The van der Waals surface area contributed by atoms with E-state index in [9.17, 15) is 25.1 Å². The van der Waals surface area contributed by atoms with Crippen molar-refractivity contribution in [3.05, 3.63) is 54.1 Å². The van der Waals surface area contributed by atoms with Crippen molar-refractivity contribution >= 4 is 23.4 Å². The monoisotopic (exact) mass is 462 g/mol. The number of anilines is 2. The average molecular weight is 462 g/mol. The molecule has 0 saturated carbocycles. The Kier molecular flexibility index (Phi) is 7.30.